The fourth-order valence-electron chi connectivity index (χ4n) is 4.69. The average Bonchev–Trinajstić information content (AvgIpc) is 3.17. The van der Waals surface area contributed by atoms with Gasteiger partial charge in [-0.05, 0) is 58.0 Å². The van der Waals surface area contributed by atoms with Crippen LogP contribution in [0.25, 0.3) is 0 Å². The molecule has 0 atom stereocenters. The second-order valence-electron chi connectivity index (χ2n) is 9.54. The highest BCUT2D eigenvalue weighted by molar-refractivity contribution is 7.13. The molecule has 0 spiro atoms. The molecule has 2 aliphatic heterocycles. The van der Waals surface area contributed by atoms with Gasteiger partial charge in [0.25, 0.3) is 5.91 Å². The third kappa shape index (κ3) is 5.90. The number of likely N-dealkylation sites (N-methyl/N-ethyl adjacent to an activating group) is 1. The Kier molecular flexibility index (Phi) is 7.80. The highest BCUT2D eigenvalue weighted by Gasteiger charge is 2.40. The lowest BCUT2D eigenvalue weighted by atomic mass is 9.75. The molecule has 2 aliphatic rings. The van der Waals surface area contributed by atoms with Gasteiger partial charge in [-0.15, -0.1) is 11.3 Å². The lowest BCUT2D eigenvalue weighted by Gasteiger charge is -2.42. The number of amides is 2. The molecule has 0 radical (unpaired) electrons. The Morgan fingerprint density at radius 1 is 1.03 bits per heavy atom. The van der Waals surface area contributed by atoms with Gasteiger partial charge < -0.3 is 19.4 Å². The first-order valence-electron chi connectivity index (χ1n) is 11.8. The monoisotopic (exact) mass is 504 g/mol. The van der Waals surface area contributed by atoms with Gasteiger partial charge in [0.15, 0.2) is 0 Å². The van der Waals surface area contributed by atoms with Gasteiger partial charge in [0, 0.05) is 56.1 Å². The van der Waals surface area contributed by atoms with Crippen LogP contribution in [0.1, 0.15) is 39.6 Å². The van der Waals surface area contributed by atoms with Crippen molar-refractivity contribution in [1.29, 1.82) is 0 Å². The number of carbonyl (C=O) groups excluding carboxylic acids is 2. The van der Waals surface area contributed by atoms with Crippen LogP contribution in [-0.2, 0) is 4.79 Å². The minimum absolute atomic E-state index is 0.0423. The Morgan fingerprint density at radius 2 is 1.68 bits per heavy atom. The number of aryl methyl sites for hydroxylation is 2. The van der Waals surface area contributed by atoms with E-state index in [1.807, 2.05) is 35.8 Å². The van der Waals surface area contributed by atoms with Crippen molar-refractivity contribution < 1.29 is 14.3 Å². The fourth-order valence-corrected chi connectivity index (χ4v) is 5.70. The zero-order valence-electron chi connectivity index (χ0n) is 20.2. The first kappa shape index (κ1) is 24.9. The molecule has 0 bridgehead atoms. The summed E-state index contributed by atoms with van der Waals surface area (Å²) in [7, 11) is 2.09. The summed E-state index contributed by atoms with van der Waals surface area (Å²) in [6, 6.07) is 7.32. The number of likely N-dealkylation sites (tertiary alicyclic amines) is 1. The second kappa shape index (κ2) is 10.6. The van der Waals surface area contributed by atoms with Gasteiger partial charge in [0.1, 0.15) is 10.6 Å². The molecule has 34 heavy (non-hydrogen) atoms. The first-order valence-corrected chi connectivity index (χ1v) is 13.0. The zero-order chi connectivity index (χ0) is 24.3. The molecule has 1 aromatic heterocycles. The van der Waals surface area contributed by atoms with E-state index in [1.165, 1.54) is 11.3 Å². The van der Waals surface area contributed by atoms with Gasteiger partial charge in [-0.2, -0.15) is 0 Å². The number of piperidine rings is 1. The highest BCUT2D eigenvalue weighted by atomic mass is 35.5. The minimum atomic E-state index is -0.310. The van der Waals surface area contributed by atoms with Crippen LogP contribution in [0.4, 0.5) is 0 Å². The third-order valence-corrected chi connectivity index (χ3v) is 8.26. The molecular weight excluding hydrogens is 472 g/mol. The van der Waals surface area contributed by atoms with E-state index in [9.17, 15) is 9.59 Å². The SMILES string of the molecule is Cc1nc(C)c(C(=O)N2CCC(COc3ccc(Cl)cc3)(CC(=O)N3CCN(C)CC3)CC2)s1. The van der Waals surface area contributed by atoms with Gasteiger partial charge in [-0.25, -0.2) is 4.98 Å². The second-order valence-corrected chi connectivity index (χ2v) is 11.2. The van der Waals surface area contributed by atoms with Crippen molar-refractivity contribution in [2.75, 3.05) is 52.9 Å². The lowest BCUT2D eigenvalue weighted by molar-refractivity contribution is -0.136. The van der Waals surface area contributed by atoms with Crippen molar-refractivity contribution in [3.05, 3.63) is 44.9 Å². The molecular formula is C25H33ClN4O3S. The van der Waals surface area contributed by atoms with E-state index in [1.54, 1.807) is 12.1 Å². The fraction of sp³-hybridized carbons (Fsp3) is 0.560. The van der Waals surface area contributed by atoms with E-state index in [4.69, 9.17) is 16.3 Å². The van der Waals surface area contributed by atoms with Gasteiger partial charge in [-0.3, -0.25) is 9.59 Å². The number of thiazole rings is 1. The quantitative estimate of drug-likeness (QED) is 0.597. The average molecular weight is 505 g/mol. The number of carbonyl (C=O) groups is 2. The van der Waals surface area contributed by atoms with Crippen molar-refractivity contribution >= 4 is 34.8 Å². The molecule has 2 fully saturated rings. The van der Waals surface area contributed by atoms with E-state index in [0.717, 1.165) is 60.3 Å². The number of ether oxygens (including phenoxy) is 1. The molecule has 3 heterocycles. The minimum Gasteiger partial charge on any atom is -0.493 e. The van der Waals surface area contributed by atoms with Crippen molar-refractivity contribution in [3.63, 3.8) is 0 Å². The number of hydrogen-bond acceptors (Lipinski definition) is 6. The highest BCUT2D eigenvalue weighted by Crippen LogP contribution is 2.37. The Hall–Kier alpha value is -2.16. The Labute approximate surface area is 210 Å². The molecule has 184 valence electrons. The van der Waals surface area contributed by atoms with E-state index >= 15 is 0 Å². The van der Waals surface area contributed by atoms with Gasteiger partial charge in [0.05, 0.1) is 17.3 Å². The van der Waals surface area contributed by atoms with Crippen LogP contribution >= 0.6 is 22.9 Å². The van der Waals surface area contributed by atoms with Crippen LogP contribution in [0.5, 0.6) is 5.75 Å². The number of benzene rings is 1. The molecule has 7 nitrogen and oxygen atoms in total. The predicted octanol–water partition coefficient (Wildman–Crippen LogP) is 3.88. The molecule has 0 saturated carbocycles. The molecule has 0 aliphatic carbocycles. The summed E-state index contributed by atoms with van der Waals surface area (Å²) in [5.74, 6) is 0.965. The summed E-state index contributed by atoms with van der Waals surface area (Å²) in [6.07, 6.45) is 1.89. The van der Waals surface area contributed by atoms with Crippen molar-refractivity contribution in [3.8, 4) is 5.75 Å². The Morgan fingerprint density at radius 3 is 2.26 bits per heavy atom. The number of rotatable bonds is 6. The predicted molar refractivity (Wildman–Crippen MR) is 135 cm³/mol. The summed E-state index contributed by atoms with van der Waals surface area (Å²) >= 11 is 7.46. The molecule has 9 heteroatoms. The van der Waals surface area contributed by atoms with Crippen molar-refractivity contribution in [2.24, 2.45) is 5.41 Å². The number of halogens is 1. The molecule has 4 rings (SSSR count). The van der Waals surface area contributed by atoms with Gasteiger partial charge in [0.2, 0.25) is 5.91 Å². The smallest absolute Gasteiger partial charge is 0.265 e. The number of aromatic nitrogens is 1. The Bertz CT molecular complexity index is 1010. The molecule has 2 aromatic rings. The molecule has 0 N–H and O–H groups in total. The van der Waals surface area contributed by atoms with Gasteiger partial charge in [-0.1, -0.05) is 11.6 Å². The summed E-state index contributed by atoms with van der Waals surface area (Å²) in [5, 5.41) is 1.56. The normalized spacial score (nSPS) is 18.7. The largest absolute Gasteiger partial charge is 0.493 e. The van der Waals surface area contributed by atoms with E-state index in [-0.39, 0.29) is 17.2 Å². The van der Waals surface area contributed by atoms with Crippen LogP contribution in [-0.4, -0.2) is 84.4 Å². The van der Waals surface area contributed by atoms with Crippen molar-refractivity contribution in [1.82, 2.24) is 19.7 Å². The van der Waals surface area contributed by atoms with E-state index in [0.29, 0.717) is 31.1 Å². The summed E-state index contributed by atoms with van der Waals surface area (Å²) in [5.41, 5.74) is 0.482. The maximum Gasteiger partial charge on any atom is 0.265 e. The number of hydrogen-bond donors (Lipinski definition) is 0. The van der Waals surface area contributed by atoms with Crippen LogP contribution in [0.2, 0.25) is 5.02 Å². The third-order valence-electron chi connectivity index (χ3n) is 6.95. The maximum absolute atomic E-state index is 13.3. The van der Waals surface area contributed by atoms with Crippen LogP contribution in [0, 0.1) is 19.3 Å². The van der Waals surface area contributed by atoms with Gasteiger partial charge >= 0.3 is 0 Å². The lowest BCUT2D eigenvalue weighted by Crippen LogP contribution is -2.51. The zero-order valence-corrected chi connectivity index (χ0v) is 21.8. The summed E-state index contributed by atoms with van der Waals surface area (Å²) in [6.45, 7) is 8.79. The molecule has 2 saturated heterocycles. The van der Waals surface area contributed by atoms with E-state index in [2.05, 4.69) is 16.9 Å². The Balaban J connectivity index is 1.45. The van der Waals surface area contributed by atoms with E-state index < -0.39 is 0 Å². The van der Waals surface area contributed by atoms with Crippen molar-refractivity contribution in [2.45, 2.75) is 33.1 Å². The molecule has 1 aromatic carbocycles. The molecule has 0 unspecified atom stereocenters. The van der Waals surface area contributed by atoms with Crippen LogP contribution in [0.15, 0.2) is 24.3 Å². The number of nitrogens with zero attached hydrogens (tertiary/aromatic N) is 4. The van der Waals surface area contributed by atoms with Crippen LogP contribution in [0.3, 0.4) is 0 Å². The summed E-state index contributed by atoms with van der Waals surface area (Å²) < 4.78 is 6.16. The van der Waals surface area contributed by atoms with Crippen LogP contribution < -0.4 is 4.74 Å². The molecule has 2 amide bonds. The maximum atomic E-state index is 13.3. The number of piperazine rings is 1. The summed E-state index contributed by atoms with van der Waals surface area (Å²) in [4.78, 5) is 37.6. The standard InChI is InChI=1S/C25H33ClN4O3S/c1-18-23(34-19(2)27-18)24(32)30-10-8-25(9-11-30,17-33-21-6-4-20(26)5-7-21)16-22(31)29-14-12-28(3)13-15-29/h4-7H,8-17H2,1-3H3. The first-order chi connectivity index (χ1) is 16.2. The topological polar surface area (TPSA) is 66.0 Å².